The molecule has 0 unspecified atom stereocenters. The third kappa shape index (κ3) is 4.27. The zero-order chi connectivity index (χ0) is 16.2. The molecule has 2 atom stereocenters. The standard InChI is InChI=1S/C15H22N2O3S/c1-10(17-21(18)15(2,3)4)12-7-11(9-16)13(19-5)8-14(12)20-6/h7-8,10,17H,1-6H3/t10-,21-/m0/s1. The molecule has 0 saturated carbocycles. The molecule has 0 bridgehead atoms. The van der Waals surface area contributed by atoms with Crippen LogP contribution in [-0.4, -0.2) is 23.5 Å². The second kappa shape index (κ2) is 7.03. The minimum atomic E-state index is -1.21. The quantitative estimate of drug-likeness (QED) is 0.846. The molecule has 21 heavy (non-hydrogen) atoms. The first-order valence-corrected chi connectivity index (χ1v) is 7.73. The van der Waals surface area contributed by atoms with Crippen molar-refractivity contribution in [1.82, 2.24) is 4.72 Å². The number of rotatable bonds is 5. The fourth-order valence-electron chi connectivity index (χ4n) is 1.75. The van der Waals surface area contributed by atoms with Crippen molar-refractivity contribution in [3.63, 3.8) is 0 Å². The number of benzene rings is 1. The topological polar surface area (TPSA) is 77.3 Å². The first kappa shape index (κ1) is 17.6. The first-order chi connectivity index (χ1) is 9.74. The van der Waals surface area contributed by atoms with Crippen LogP contribution in [0, 0.1) is 11.3 Å². The summed E-state index contributed by atoms with van der Waals surface area (Å²) >= 11 is -1.21. The number of hydrogen-bond acceptors (Lipinski definition) is 5. The summed E-state index contributed by atoms with van der Waals surface area (Å²) in [7, 11) is 3.06. The maximum atomic E-state index is 12.2. The van der Waals surface area contributed by atoms with Crippen LogP contribution in [0.4, 0.5) is 0 Å². The summed E-state index contributed by atoms with van der Waals surface area (Å²) < 4.78 is 25.4. The molecule has 1 aromatic rings. The van der Waals surface area contributed by atoms with E-state index < -0.39 is 11.4 Å². The maximum Gasteiger partial charge on any atom is 0.140 e. The van der Waals surface area contributed by atoms with Crippen LogP contribution >= 0.6 is 0 Å². The van der Waals surface area contributed by atoms with Crippen LogP contribution in [0.1, 0.15) is 44.9 Å². The molecule has 0 spiro atoms. The lowest BCUT2D eigenvalue weighted by molar-refractivity contribution is 0.387. The van der Waals surface area contributed by atoms with Gasteiger partial charge in [-0.25, -0.2) is 0 Å². The van der Waals surface area contributed by atoms with E-state index in [2.05, 4.69) is 10.8 Å². The molecule has 0 saturated heterocycles. The Morgan fingerprint density at radius 1 is 1.24 bits per heavy atom. The molecular weight excluding hydrogens is 288 g/mol. The average Bonchev–Trinajstić information content (AvgIpc) is 2.44. The van der Waals surface area contributed by atoms with Gasteiger partial charge in [0.25, 0.3) is 0 Å². The van der Waals surface area contributed by atoms with E-state index in [1.165, 1.54) is 7.11 Å². The average molecular weight is 310 g/mol. The summed E-state index contributed by atoms with van der Waals surface area (Å²) in [5.41, 5.74) is 1.19. The van der Waals surface area contributed by atoms with Gasteiger partial charge in [-0.2, -0.15) is 5.26 Å². The number of ether oxygens (including phenoxy) is 2. The van der Waals surface area contributed by atoms with Crippen molar-refractivity contribution < 1.29 is 14.0 Å². The minimum Gasteiger partial charge on any atom is -0.598 e. The smallest absolute Gasteiger partial charge is 0.140 e. The van der Waals surface area contributed by atoms with E-state index in [9.17, 15) is 9.81 Å². The summed E-state index contributed by atoms with van der Waals surface area (Å²) in [6.07, 6.45) is 0. The van der Waals surface area contributed by atoms with Gasteiger partial charge in [-0.05, 0) is 33.8 Å². The van der Waals surface area contributed by atoms with Crippen molar-refractivity contribution in [3.8, 4) is 17.6 Å². The van der Waals surface area contributed by atoms with Crippen LogP contribution in [0.25, 0.3) is 0 Å². The Kier molecular flexibility index (Phi) is 5.90. The van der Waals surface area contributed by atoms with Crippen molar-refractivity contribution >= 4 is 11.4 Å². The van der Waals surface area contributed by atoms with Crippen LogP contribution in [0.15, 0.2) is 12.1 Å². The highest BCUT2D eigenvalue weighted by Gasteiger charge is 2.29. The Morgan fingerprint density at radius 3 is 2.24 bits per heavy atom. The zero-order valence-corrected chi connectivity index (χ0v) is 14.1. The molecule has 0 aliphatic heterocycles. The summed E-state index contributed by atoms with van der Waals surface area (Å²) in [5.74, 6) is 1.05. The van der Waals surface area contributed by atoms with Gasteiger partial charge < -0.3 is 14.0 Å². The zero-order valence-electron chi connectivity index (χ0n) is 13.3. The molecule has 0 aliphatic rings. The highest BCUT2D eigenvalue weighted by atomic mass is 32.2. The Balaban J connectivity index is 3.14. The van der Waals surface area contributed by atoms with Gasteiger partial charge in [0.2, 0.25) is 0 Å². The molecule has 0 amide bonds. The highest BCUT2D eigenvalue weighted by molar-refractivity contribution is 7.90. The molecule has 0 aliphatic carbocycles. The summed E-state index contributed by atoms with van der Waals surface area (Å²) in [6, 6.07) is 5.24. The number of nitrogens with one attached hydrogen (secondary N) is 1. The van der Waals surface area contributed by atoms with Gasteiger partial charge in [-0.3, -0.25) is 0 Å². The van der Waals surface area contributed by atoms with E-state index in [1.807, 2.05) is 27.7 Å². The lowest BCUT2D eigenvalue weighted by Crippen LogP contribution is -2.40. The van der Waals surface area contributed by atoms with E-state index in [0.29, 0.717) is 17.1 Å². The van der Waals surface area contributed by atoms with Gasteiger partial charge in [0.1, 0.15) is 22.3 Å². The minimum absolute atomic E-state index is 0.224. The summed E-state index contributed by atoms with van der Waals surface area (Å²) in [5, 5.41) is 9.18. The van der Waals surface area contributed by atoms with Crippen molar-refractivity contribution in [2.24, 2.45) is 0 Å². The number of methoxy groups -OCH3 is 2. The van der Waals surface area contributed by atoms with Crippen LogP contribution in [-0.2, 0) is 11.4 Å². The van der Waals surface area contributed by atoms with Gasteiger partial charge in [0, 0.05) is 23.0 Å². The van der Waals surface area contributed by atoms with Crippen molar-refractivity contribution in [1.29, 1.82) is 5.26 Å². The molecule has 0 fully saturated rings. The Labute approximate surface area is 129 Å². The second-order valence-corrected chi connectivity index (χ2v) is 7.62. The third-order valence-electron chi connectivity index (χ3n) is 2.98. The fourth-order valence-corrected chi connectivity index (χ4v) is 2.55. The van der Waals surface area contributed by atoms with Crippen LogP contribution in [0.2, 0.25) is 0 Å². The molecule has 0 aromatic heterocycles. The monoisotopic (exact) mass is 310 g/mol. The van der Waals surface area contributed by atoms with E-state index in [-0.39, 0.29) is 10.8 Å². The van der Waals surface area contributed by atoms with Gasteiger partial charge in [-0.1, -0.05) is 0 Å². The SMILES string of the molecule is COc1cc(OC)c([C@H](C)N[S@@+]([O-])C(C)(C)C)cc1C#N. The molecule has 1 aromatic carbocycles. The van der Waals surface area contributed by atoms with E-state index in [4.69, 9.17) is 9.47 Å². The Bertz CT molecular complexity index is 535. The molecule has 0 heterocycles. The lowest BCUT2D eigenvalue weighted by atomic mass is 10.0. The first-order valence-electron chi connectivity index (χ1n) is 6.58. The molecular formula is C15H22N2O3S. The van der Waals surface area contributed by atoms with Crippen LogP contribution in [0.3, 0.4) is 0 Å². The van der Waals surface area contributed by atoms with Gasteiger partial charge in [0.05, 0.1) is 25.8 Å². The van der Waals surface area contributed by atoms with E-state index >= 15 is 0 Å². The number of nitrogens with zero attached hydrogens (tertiary/aromatic N) is 1. The van der Waals surface area contributed by atoms with Crippen molar-refractivity contribution in [3.05, 3.63) is 23.3 Å². The largest absolute Gasteiger partial charge is 0.598 e. The number of nitriles is 1. The normalized spacial score (nSPS) is 14.2. The third-order valence-corrected chi connectivity index (χ3v) is 4.66. The van der Waals surface area contributed by atoms with Crippen molar-refractivity contribution in [2.45, 2.75) is 38.5 Å². The molecule has 1 rings (SSSR count). The Morgan fingerprint density at radius 2 is 1.81 bits per heavy atom. The van der Waals surface area contributed by atoms with Crippen LogP contribution in [0.5, 0.6) is 11.5 Å². The fraction of sp³-hybridized carbons (Fsp3) is 0.533. The lowest BCUT2D eigenvalue weighted by Gasteiger charge is -2.27. The molecule has 5 nitrogen and oxygen atoms in total. The second-order valence-electron chi connectivity index (χ2n) is 5.63. The van der Waals surface area contributed by atoms with E-state index in [0.717, 1.165) is 5.56 Å². The predicted octanol–water partition coefficient (Wildman–Crippen LogP) is 2.69. The van der Waals surface area contributed by atoms with Crippen molar-refractivity contribution in [2.75, 3.05) is 14.2 Å². The van der Waals surface area contributed by atoms with Gasteiger partial charge in [0.15, 0.2) is 0 Å². The molecule has 0 radical (unpaired) electrons. The van der Waals surface area contributed by atoms with Crippen LogP contribution < -0.4 is 14.2 Å². The highest BCUT2D eigenvalue weighted by Crippen LogP contribution is 2.33. The molecule has 1 N–H and O–H groups in total. The molecule has 116 valence electrons. The van der Waals surface area contributed by atoms with E-state index in [1.54, 1.807) is 19.2 Å². The van der Waals surface area contributed by atoms with Gasteiger partial charge in [-0.15, -0.1) is 4.72 Å². The maximum absolute atomic E-state index is 12.2. The van der Waals surface area contributed by atoms with Gasteiger partial charge >= 0.3 is 0 Å². The number of hydrogen-bond donors (Lipinski definition) is 1. The molecule has 6 heteroatoms. The predicted molar refractivity (Wildman–Crippen MR) is 83.7 cm³/mol. The Hall–Kier alpha value is -1.42. The summed E-state index contributed by atoms with van der Waals surface area (Å²) in [4.78, 5) is 0. The summed E-state index contributed by atoms with van der Waals surface area (Å²) in [6.45, 7) is 7.58.